The summed E-state index contributed by atoms with van der Waals surface area (Å²) >= 11 is 1.24. The van der Waals surface area contributed by atoms with E-state index in [4.69, 9.17) is 15.2 Å². The predicted molar refractivity (Wildman–Crippen MR) is 190 cm³/mol. The molecule has 0 aliphatic carbocycles. The fourth-order valence-electron chi connectivity index (χ4n) is 5.20. The molecule has 1 heterocycles. The molecule has 6 N–H and O–H groups in total. The van der Waals surface area contributed by atoms with Crippen molar-refractivity contribution < 1.29 is 32.6 Å². The smallest absolute Gasteiger partial charge is 0.408 e. The molecule has 0 aliphatic rings. The number of aromatic nitrogens is 1. The number of carbonyl (C=O) groups is 2. The first-order valence-corrected chi connectivity index (χ1v) is 18.3. The number of nitrogens with zero attached hydrogens (tertiary/aromatic N) is 2. The lowest BCUT2D eigenvalue weighted by atomic mass is 10.0. The first-order valence-electron chi connectivity index (χ1n) is 15.9. The fraction of sp³-hybridized carbons (Fsp3) is 0.471. The molecule has 0 saturated heterocycles. The van der Waals surface area contributed by atoms with Gasteiger partial charge >= 0.3 is 6.09 Å². The molecular formula is C34H48N6O7S2. The van der Waals surface area contributed by atoms with Crippen LogP contribution in [0.15, 0.2) is 57.9 Å². The number of sulfonamides is 1. The number of nitrogens with one attached hydrogen (secondary N) is 3. The molecule has 3 aromatic rings. The van der Waals surface area contributed by atoms with Crippen molar-refractivity contribution in [3.63, 3.8) is 0 Å². The van der Waals surface area contributed by atoms with Gasteiger partial charge in [0.05, 0.1) is 18.0 Å². The highest BCUT2D eigenvalue weighted by atomic mass is 32.2. The van der Waals surface area contributed by atoms with Crippen LogP contribution in [0.2, 0.25) is 0 Å². The molecule has 15 heteroatoms. The van der Waals surface area contributed by atoms with Gasteiger partial charge in [0, 0.05) is 18.1 Å². The van der Waals surface area contributed by atoms with Crippen LogP contribution < -0.4 is 25.8 Å². The van der Waals surface area contributed by atoms with E-state index in [1.54, 1.807) is 59.2 Å². The lowest BCUT2D eigenvalue weighted by Crippen LogP contribution is -2.52. The highest BCUT2D eigenvalue weighted by Crippen LogP contribution is 2.30. The molecule has 2 amide bonds. The van der Waals surface area contributed by atoms with Crippen molar-refractivity contribution in [3.05, 3.63) is 75.2 Å². The summed E-state index contributed by atoms with van der Waals surface area (Å²) in [5.41, 5.74) is 7.94. The molecule has 0 radical (unpaired) electrons. The second-order valence-electron chi connectivity index (χ2n) is 12.6. The highest BCUT2D eigenvalue weighted by molar-refractivity contribution is 7.90. The lowest BCUT2D eigenvalue weighted by Gasteiger charge is -2.27. The maximum absolute atomic E-state index is 13.7. The zero-order valence-corrected chi connectivity index (χ0v) is 30.7. The third-order valence-corrected chi connectivity index (χ3v) is 10.1. The largest absolute Gasteiger partial charge is 0.496 e. The average Bonchev–Trinajstić information content (AvgIpc) is 3.56. The molecule has 49 heavy (non-hydrogen) atoms. The Labute approximate surface area is 292 Å². The highest BCUT2D eigenvalue weighted by Gasteiger charge is 2.30. The van der Waals surface area contributed by atoms with Crippen molar-refractivity contribution in [2.24, 2.45) is 10.7 Å². The number of aryl methyl sites for hydroxylation is 2. The summed E-state index contributed by atoms with van der Waals surface area (Å²) in [5.74, 6) is -0.213. The van der Waals surface area contributed by atoms with Gasteiger partial charge in [-0.1, -0.05) is 30.3 Å². The van der Waals surface area contributed by atoms with E-state index in [-0.39, 0.29) is 30.2 Å². The molecule has 0 fully saturated rings. The maximum Gasteiger partial charge on any atom is 0.408 e. The molecule has 1 aromatic heterocycles. The van der Waals surface area contributed by atoms with Gasteiger partial charge in [0.25, 0.3) is 10.0 Å². The Hall–Kier alpha value is -4.21. The number of aliphatic hydroxyl groups excluding tert-OH is 1. The van der Waals surface area contributed by atoms with Crippen LogP contribution in [0.3, 0.4) is 0 Å². The normalized spacial score (nSPS) is 14.0. The summed E-state index contributed by atoms with van der Waals surface area (Å²) in [5, 5.41) is 18.9. The second-order valence-corrected chi connectivity index (χ2v) is 15.2. The quantitative estimate of drug-likeness (QED) is 0.0871. The van der Waals surface area contributed by atoms with E-state index in [0.29, 0.717) is 40.3 Å². The summed E-state index contributed by atoms with van der Waals surface area (Å²) in [6.45, 7) is 10.4. The Balaban J connectivity index is 1.73. The SMILES string of the molecule is COc1cc(C)c(S(=O)(=O)NC(N)=NCCC[C@H](NC(=O)[C@H](CCc2ccccc2)NC(=O)OC(C)(C)C)C(O)c2nccs2)c(C)c1C. The number of hydrogen-bond acceptors (Lipinski definition) is 10. The molecule has 13 nitrogen and oxygen atoms in total. The van der Waals surface area contributed by atoms with Crippen LogP contribution in [0.25, 0.3) is 0 Å². The van der Waals surface area contributed by atoms with Gasteiger partial charge in [0.1, 0.15) is 28.5 Å². The van der Waals surface area contributed by atoms with Crippen LogP contribution in [0.4, 0.5) is 4.79 Å². The number of amides is 2. The number of nitrogens with two attached hydrogens (primary N) is 1. The number of ether oxygens (including phenoxy) is 2. The maximum atomic E-state index is 13.7. The number of aliphatic imine (C=N–C) groups is 1. The van der Waals surface area contributed by atoms with Gasteiger partial charge in [-0.25, -0.2) is 22.9 Å². The third-order valence-electron chi connectivity index (χ3n) is 7.65. The van der Waals surface area contributed by atoms with Crippen LogP contribution in [0, 0.1) is 20.8 Å². The van der Waals surface area contributed by atoms with Gasteiger partial charge in [0.2, 0.25) is 11.9 Å². The second kappa shape index (κ2) is 17.4. The zero-order chi connectivity index (χ0) is 36.4. The number of benzene rings is 2. The molecule has 0 aliphatic heterocycles. The number of hydrogen-bond donors (Lipinski definition) is 5. The average molecular weight is 717 g/mol. The van der Waals surface area contributed by atoms with Crippen molar-refractivity contribution in [2.45, 2.75) is 95.9 Å². The minimum absolute atomic E-state index is 0.0957. The molecule has 0 saturated carbocycles. The van der Waals surface area contributed by atoms with E-state index in [9.17, 15) is 23.1 Å². The number of methoxy groups -OCH3 is 1. The number of aliphatic hydroxyl groups is 1. The molecule has 2 aromatic carbocycles. The van der Waals surface area contributed by atoms with E-state index in [1.165, 1.54) is 18.4 Å². The third kappa shape index (κ3) is 11.7. The van der Waals surface area contributed by atoms with Crippen LogP contribution in [0.1, 0.15) is 73.4 Å². The Morgan fingerprint density at radius 1 is 1.08 bits per heavy atom. The first-order chi connectivity index (χ1) is 23.0. The van der Waals surface area contributed by atoms with E-state index in [2.05, 4.69) is 25.3 Å². The minimum Gasteiger partial charge on any atom is -0.496 e. The summed E-state index contributed by atoms with van der Waals surface area (Å²) in [6, 6.07) is 9.45. The molecule has 0 bridgehead atoms. The number of thiazole rings is 1. The molecule has 268 valence electrons. The lowest BCUT2D eigenvalue weighted by molar-refractivity contribution is -0.125. The van der Waals surface area contributed by atoms with E-state index >= 15 is 0 Å². The van der Waals surface area contributed by atoms with Gasteiger partial charge in [-0.3, -0.25) is 9.79 Å². The summed E-state index contributed by atoms with van der Waals surface area (Å²) in [4.78, 5) is 34.8. The van der Waals surface area contributed by atoms with Gasteiger partial charge in [0.15, 0.2) is 0 Å². The molecule has 1 unspecified atom stereocenters. The first kappa shape index (κ1) is 39.2. The number of alkyl carbamates (subject to hydrolysis) is 1. The van der Waals surface area contributed by atoms with Gasteiger partial charge in [-0.05, 0) is 95.5 Å². The van der Waals surface area contributed by atoms with Crippen molar-refractivity contribution in [2.75, 3.05) is 13.7 Å². The summed E-state index contributed by atoms with van der Waals surface area (Å²) < 4.78 is 39.6. The molecule has 0 spiro atoms. The molecular weight excluding hydrogens is 669 g/mol. The summed E-state index contributed by atoms with van der Waals surface area (Å²) in [6.07, 6.45) is 1.02. The van der Waals surface area contributed by atoms with Gasteiger partial charge < -0.3 is 30.9 Å². The Morgan fingerprint density at radius 2 is 1.78 bits per heavy atom. The monoisotopic (exact) mass is 716 g/mol. The van der Waals surface area contributed by atoms with Crippen LogP contribution >= 0.6 is 11.3 Å². The predicted octanol–water partition coefficient (Wildman–Crippen LogP) is 4.19. The van der Waals surface area contributed by atoms with Gasteiger partial charge in [-0.15, -0.1) is 11.3 Å². The number of carbonyl (C=O) groups excluding carboxylic acids is 2. The Bertz CT molecular complexity index is 1690. The minimum atomic E-state index is -4.05. The molecule has 3 rings (SSSR count). The van der Waals surface area contributed by atoms with Gasteiger partial charge in [-0.2, -0.15) is 0 Å². The van der Waals surface area contributed by atoms with Crippen LogP contribution in [-0.4, -0.2) is 67.8 Å². The van der Waals surface area contributed by atoms with E-state index < -0.39 is 45.8 Å². The van der Waals surface area contributed by atoms with Crippen molar-refractivity contribution in [1.82, 2.24) is 20.3 Å². The number of rotatable bonds is 15. The van der Waals surface area contributed by atoms with Crippen LogP contribution in [0.5, 0.6) is 5.75 Å². The Morgan fingerprint density at radius 3 is 2.39 bits per heavy atom. The van der Waals surface area contributed by atoms with E-state index in [0.717, 1.165) is 5.56 Å². The number of guanidine groups is 1. The fourth-order valence-corrected chi connectivity index (χ4v) is 7.37. The van der Waals surface area contributed by atoms with Crippen molar-refractivity contribution in [3.8, 4) is 5.75 Å². The van der Waals surface area contributed by atoms with E-state index in [1.807, 2.05) is 30.3 Å². The Kier molecular flexibility index (Phi) is 14.0. The topological polar surface area (TPSA) is 194 Å². The van der Waals surface area contributed by atoms with Crippen LogP contribution in [-0.2, 0) is 26.0 Å². The standard InChI is InChI=1S/C34H48N6O7S2/c1-21-20-27(46-7)22(2)23(3)29(21)49(44,45)40-32(35)37-17-11-14-25(28(41)31-36-18-19-48-31)38-30(42)26(39-33(43)47-34(4,5)6)16-15-24-12-9-8-10-13-24/h8-10,12-13,18-20,25-26,28,41H,11,14-17H2,1-7H3,(H,38,42)(H,39,43)(H3,35,37,40)/t25-,26-,28?/m0/s1. The summed E-state index contributed by atoms with van der Waals surface area (Å²) in [7, 11) is -2.52. The zero-order valence-electron chi connectivity index (χ0n) is 29.1. The molecule has 3 atom stereocenters. The van der Waals surface area contributed by atoms with Crippen molar-refractivity contribution >= 4 is 39.3 Å². The van der Waals surface area contributed by atoms with Crippen molar-refractivity contribution in [1.29, 1.82) is 0 Å².